The number of aliphatic imine (C=N–C) groups is 1. The van der Waals surface area contributed by atoms with E-state index in [4.69, 9.17) is 23.6 Å². The summed E-state index contributed by atoms with van der Waals surface area (Å²) in [7, 11) is 1.29. The number of methoxy groups -OCH3 is 2. The van der Waals surface area contributed by atoms with Crippen molar-refractivity contribution in [3.05, 3.63) is 53.2 Å². The van der Waals surface area contributed by atoms with E-state index < -0.39 is 13.9 Å². The van der Waals surface area contributed by atoms with Crippen molar-refractivity contribution in [1.82, 2.24) is 4.57 Å². The molecule has 0 unspecified atom stereocenters. The predicted molar refractivity (Wildman–Crippen MR) is 182 cm³/mol. The third-order valence-electron chi connectivity index (χ3n) is 8.69. The van der Waals surface area contributed by atoms with E-state index in [0.29, 0.717) is 19.7 Å². The second-order valence-electron chi connectivity index (χ2n) is 14.2. The van der Waals surface area contributed by atoms with Gasteiger partial charge in [-0.25, -0.2) is 4.79 Å². The number of amides is 1. The summed E-state index contributed by atoms with van der Waals surface area (Å²) in [6, 6.07) is 12.3. The molecule has 4 rings (SSSR count). The fraction of sp³-hybridized carbons (Fsp3) is 0.543. The van der Waals surface area contributed by atoms with Gasteiger partial charge < -0.3 is 23.2 Å². The summed E-state index contributed by atoms with van der Waals surface area (Å²) in [5.74, 6) is 1.47. The minimum Gasteiger partial charge on any atom is -0.497 e. The minimum atomic E-state index is -2.01. The van der Waals surface area contributed by atoms with Gasteiger partial charge in [0.1, 0.15) is 17.1 Å². The summed E-state index contributed by atoms with van der Waals surface area (Å²) < 4.78 is 25.6. The quantitative estimate of drug-likeness (QED) is 0.143. The molecule has 0 fully saturated rings. The molecule has 0 radical (unpaired) electrons. The third-order valence-corrected chi connectivity index (χ3v) is 13.2. The molecule has 1 aromatic heterocycles. The van der Waals surface area contributed by atoms with Crippen molar-refractivity contribution >= 4 is 37.3 Å². The minimum absolute atomic E-state index is 0.0896. The Morgan fingerprint density at radius 2 is 1.73 bits per heavy atom. The highest BCUT2D eigenvalue weighted by molar-refractivity contribution is 6.74. The molecule has 3 aromatic rings. The lowest BCUT2D eigenvalue weighted by atomic mass is 10.00. The van der Waals surface area contributed by atoms with Crippen molar-refractivity contribution in [2.24, 2.45) is 4.99 Å². The number of anilines is 1. The first-order valence-corrected chi connectivity index (χ1v) is 18.6. The number of aryl methyl sites for hydroxylation is 1. The highest BCUT2D eigenvalue weighted by Crippen LogP contribution is 2.38. The van der Waals surface area contributed by atoms with Gasteiger partial charge in [-0.15, -0.1) is 0 Å². The molecular formula is C35H51N3O5Si. The van der Waals surface area contributed by atoms with Crippen molar-refractivity contribution in [3.63, 3.8) is 0 Å². The molecule has 2 heterocycles. The summed E-state index contributed by atoms with van der Waals surface area (Å²) in [6.45, 7) is 18.6. The molecule has 1 aliphatic heterocycles. The summed E-state index contributed by atoms with van der Waals surface area (Å²) in [5, 5.41) is 1.20. The van der Waals surface area contributed by atoms with Crippen LogP contribution in [0.2, 0.25) is 18.1 Å². The van der Waals surface area contributed by atoms with Crippen LogP contribution >= 0.6 is 0 Å². The van der Waals surface area contributed by atoms with Crippen LogP contribution in [-0.4, -0.2) is 51.7 Å². The Bertz CT molecular complexity index is 1500. The number of fused-ring (bicyclic) bond motifs is 2. The van der Waals surface area contributed by atoms with Crippen LogP contribution in [0.1, 0.15) is 77.6 Å². The summed E-state index contributed by atoms with van der Waals surface area (Å²) in [6.07, 6.45) is 5.59. The summed E-state index contributed by atoms with van der Waals surface area (Å²) in [4.78, 5) is 20.1. The average molecular weight is 622 g/mol. The SMILES string of the molecule is COc1ccc(CN=Cn2c(CO[Si](C)(C)C(C)(C)C)cc3cc4c(cc32)N(C(=O)OC(C)(C)C)CCCCC4)c(OC)c1. The molecule has 0 bridgehead atoms. The Morgan fingerprint density at radius 3 is 2.39 bits per heavy atom. The first-order valence-electron chi connectivity index (χ1n) is 15.7. The second-order valence-corrected chi connectivity index (χ2v) is 19.0. The van der Waals surface area contributed by atoms with Crippen LogP contribution in [-0.2, 0) is 28.7 Å². The average Bonchev–Trinajstić information content (AvgIpc) is 3.26. The second kappa shape index (κ2) is 13.4. The van der Waals surface area contributed by atoms with Crippen molar-refractivity contribution in [2.75, 3.05) is 25.7 Å². The molecule has 0 atom stereocenters. The number of carbonyl (C=O) groups is 1. The van der Waals surface area contributed by atoms with Gasteiger partial charge in [0.15, 0.2) is 8.32 Å². The first kappa shape index (κ1) is 33.6. The Balaban J connectivity index is 1.80. The van der Waals surface area contributed by atoms with Gasteiger partial charge in [0.25, 0.3) is 0 Å². The fourth-order valence-corrected chi connectivity index (χ4v) is 6.07. The van der Waals surface area contributed by atoms with Crippen LogP contribution in [0.15, 0.2) is 41.4 Å². The van der Waals surface area contributed by atoms with Gasteiger partial charge in [0.05, 0.1) is 44.9 Å². The zero-order valence-electron chi connectivity index (χ0n) is 28.4. The lowest BCUT2D eigenvalue weighted by Crippen LogP contribution is -2.40. The molecule has 9 heteroatoms. The summed E-state index contributed by atoms with van der Waals surface area (Å²) >= 11 is 0. The normalized spacial score (nSPS) is 14.8. The van der Waals surface area contributed by atoms with Crippen molar-refractivity contribution in [3.8, 4) is 11.5 Å². The molecule has 1 amide bonds. The lowest BCUT2D eigenvalue weighted by molar-refractivity contribution is 0.0579. The molecule has 0 saturated carbocycles. The van der Waals surface area contributed by atoms with Crippen LogP contribution in [0, 0.1) is 0 Å². The molecule has 0 spiro atoms. The number of carbonyl (C=O) groups excluding carboxylic acids is 1. The highest BCUT2D eigenvalue weighted by atomic mass is 28.4. The maximum absolute atomic E-state index is 13.4. The number of nitrogens with zero attached hydrogens (tertiary/aromatic N) is 3. The Morgan fingerprint density at radius 1 is 0.977 bits per heavy atom. The smallest absolute Gasteiger partial charge is 0.414 e. The maximum Gasteiger partial charge on any atom is 0.414 e. The molecule has 44 heavy (non-hydrogen) atoms. The Labute approximate surface area is 264 Å². The van der Waals surface area contributed by atoms with Crippen molar-refractivity contribution in [1.29, 1.82) is 0 Å². The largest absolute Gasteiger partial charge is 0.497 e. The number of hydrogen-bond acceptors (Lipinski definition) is 6. The van der Waals surface area contributed by atoms with Crippen LogP contribution in [0.5, 0.6) is 11.5 Å². The van der Waals surface area contributed by atoms with E-state index in [1.54, 1.807) is 14.2 Å². The number of hydrogen-bond donors (Lipinski definition) is 0. The molecule has 1 aliphatic rings. The Kier molecular flexibility index (Phi) is 10.2. The van der Waals surface area contributed by atoms with E-state index in [1.165, 1.54) is 0 Å². The number of aromatic nitrogens is 1. The van der Waals surface area contributed by atoms with E-state index in [1.807, 2.05) is 50.2 Å². The molecule has 240 valence electrons. The highest BCUT2D eigenvalue weighted by Gasteiger charge is 2.37. The van der Waals surface area contributed by atoms with Gasteiger partial charge in [-0.2, -0.15) is 0 Å². The topological polar surface area (TPSA) is 74.5 Å². The van der Waals surface area contributed by atoms with Gasteiger partial charge in [0, 0.05) is 29.3 Å². The van der Waals surface area contributed by atoms with Gasteiger partial charge >= 0.3 is 6.09 Å². The van der Waals surface area contributed by atoms with Gasteiger partial charge in [0.2, 0.25) is 0 Å². The zero-order chi connectivity index (χ0) is 32.3. The van der Waals surface area contributed by atoms with E-state index in [2.05, 4.69) is 56.6 Å². The monoisotopic (exact) mass is 621 g/mol. The first-order chi connectivity index (χ1) is 20.6. The van der Waals surface area contributed by atoms with E-state index in [0.717, 1.165) is 70.6 Å². The number of rotatable bonds is 8. The molecule has 2 aromatic carbocycles. The van der Waals surface area contributed by atoms with Crippen LogP contribution in [0.25, 0.3) is 10.9 Å². The molecule has 0 saturated heterocycles. The van der Waals surface area contributed by atoms with Gasteiger partial charge in [-0.3, -0.25) is 9.89 Å². The molecular weight excluding hydrogens is 570 g/mol. The predicted octanol–water partition coefficient (Wildman–Crippen LogP) is 8.72. The van der Waals surface area contributed by atoms with E-state index >= 15 is 0 Å². The zero-order valence-corrected chi connectivity index (χ0v) is 29.4. The fourth-order valence-electron chi connectivity index (χ4n) is 5.13. The molecule has 0 N–H and O–H groups in total. The van der Waals surface area contributed by atoms with Crippen molar-refractivity contribution in [2.45, 2.75) is 104 Å². The van der Waals surface area contributed by atoms with Crippen LogP contribution in [0.3, 0.4) is 0 Å². The molecule has 0 aliphatic carbocycles. The standard InChI is InChI=1S/C35H51N3O5Si/c1-34(2,3)43-33(39)37-17-13-11-12-14-25-18-27-19-28(23-42-44(9,10)35(4,5)6)38(31(27)21-30(25)37)24-36-22-26-15-16-29(40-7)20-32(26)41-8/h15-16,18-21,24H,11-14,17,22-23H2,1-10H3. The Hall–Kier alpha value is -3.30. The lowest BCUT2D eigenvalue weighted by Gasteiger charge is -2.36. The van der Waals surface area contributed by atoms with Gasteiger partial charge in [-0.05, 0) is 94.1 Å². The van der Waals surface area contributed by atoms with Crippen molar-refractivity contribution < 1.29 is 23.4 Å². The third kappa shape index (κ3) is 7.85. The number of benzene rings is 2. The molecule has 8 nitrogen and oxygen atoms in total. The van der Waals surface area contributed by atoms with E-state index in [9.17, 15) is 4.79 Å². The van der Waals surface area contributed by atoms with Crippen LogP contribution < -0.4 is 14.4 Å². The van der Waals surface area contributed by atoms with Crippen LogP contribution in [0.4, 0.5) is 10.5 Å². The maximum atomic E-state index is 13.4. The van der Waals surface area contributed by atoms with Gasteiger partial charge in [-0.1, -0.05) is 27.2 Å². The number of ether oxygens (including phenoxy) is 3. The summed E-state index contributed by atoms with van der Waals surface area (Å²) in [5.41, 5.74) is 4.47. The van der Waals surface area contributed by atoms with E-state index in [-0.39, 0.29) is 11.1 Å².